The highest BCUT2D eigenvalue weighted by molar-refractivity contribution is 5.70. The van der Waals surface area contributed by atoms with Gasteiger partial charge in [0.05, 0.1) is 11.9 Å². The Morgan fingerprint density at radius 3 is 3.07 bits per heavy atom. The molecule has 72 valence electrons. The Hall–Kier alpha value is -1.98. The van der Waals surface area contributed by atoms with E-state index in [1.165, 1.54) is 4.68 Å². The van der Waals surface area contributed by atoms with E-state index in [9.17, 15) is 4.79 Å². The maximum Gasteiger partial charge on any atom is 0.171 e. The van der Waals surface area contributed by atoms with Gasteiger partial charge in [-0.3, -0.25) is 4.79 Å². The molecule has 6 nitrogen and oxygen atoms in total. The number of hydrogen-bond acceptors (Lipinski definition) is 5. The van der Waals surface area contributed by atoms with Gasteiger partial charge < -0.3 is 4.52 Å². The number of aromatic nitrogens is 4. The van der Waals surface area contributed by atoms with Gasteiger partial charge in [0.25, 0.3) is 0 Å². The Kier molecular flexibility index (Phi) is 2.10. The molecule has 0 unspecified atom stereocenters. The molecule has 0 N–H and O–H groups in total. The summed E-state index contributed by atoms with van der Waals surface area (Å²) in [5.41, 5.74) is 1.12. The van der Waals surface area contributed by atoms with E-state index in [1.807, 2.05) is 13.0 Å². The lowest BCUT2D eigenvalue weighted by molar-refractivity contribution is 0.111. The number of aldehydes is 1. The van der Waals surface area contributed by atoms with Crippen LogP contribution < -0.4 is 0 Å². The van der Waals surface area contributed by atoms with Gasteiger partial charge in [0.2, 0.25) is 0 Å². The number of aryl methyl sites for hydroxylation is 1. The van der Waals surface area contributed by atoms with Crippen molar-refractivity contribution in [3.63, 3.8) is 0 Å². The molecule has 0 spiro atoms. The number of hydrogen-bond donors (Lipinski definition) is 0. The minimum Gasteiger partial charge on any atom is -0.359 e. The van der Waals surface area contributed by atoms with Crippen molar-refractivity contribution in [2.24, 2.45) is 0 Å². The molecule has 0 amide bonds. The zero-order valence-electron chi connectivity index (χ0n) is 7.54. The molecule has 0 saturated carbocycles. The van der Waals surface area contributed by atoms with Crippen LogP contribution in [0.1, 0.15) is 21.9 Å². The lowest BCUT2D eigenvalue weighted by atomic mass is 10.4. The Morgan fingerprint density at radius 2 is 2.50 bits per heavy atom. The Bertz CT molecular complexity index is 446. The van der Waals surface area contributed by atoms with Gasteiger partial charge in [0, 0.05) is 6.07 Å². The van der Waals surface area contributed by atoms with Crippen LogP contribution in [0.15, 0.2) is 16.8 Å². The third-order valence-electron chi connectivity index (χ3n) is 1.67. The summed E-state index contributed by atoms with van der Waals surface area (Å²) in [4.78, 5) is 10.3. The second-order valence-electron chi connectivity index (χ2n) is 2.89. The van der Waals surface area contributed by atoms with Crippen molar-refractivity contribution < 1.29 is 9.32 Å². The predicted octanol–water partition coefficient (Wildman–Crippen LogP) is 0.435. The maximum atomic E-state index is 10.3. The van der Waals surface area contributed by atoms with Crippen LogP contribution in [0, 0.1) is 6.92 Å². The molecule has 0 aliphatic carbocycles. The summed E-state index contributed by atoms with van der Waals surface area (Å²) in [6.45, 7) is 2.27. The van der Waals surface area contributed by atoms with Crippen LogP contribution in [0.2, 0.25) is 0 Å². The van der Waals surface area contributed by atoms with Crippen molar-refractivity contribution in [1.29, 1.82) is 0 Å². The molecule has 6 heteroatoms. The van der Waals surface area contributed by atoms with E-state index in [2.05, 4.69) is 15.5 Å². The lowest BCUT2D eigenvalue weighted by Crippen LogP contribution is -1.98. The Morgan fingerprint density at radius 1 is 1.64 bits per heavy atom. The van der Waals surface area contributed by atoms with Crippen LogP contribution in [0.4, 0.5) is 0 Å². The molecule has 0 aliphatic rings. The van der Waals surface area contributed by atoms with Crippen LogP contribution >= 0.6 is 0 Å². The molecule has 0 saturated heterocycles. The third kappa shape index (κ3) is 1.68. The second-order valence-corrected chi connectivity index (χ2v) is 2.89. The summed E-state index contributed by atoms with van der Waals surface area (Å²) in [6, 6.07) is 1.81. The van der Waals surface area contributed by atoms with Crippen LogP contribution in [0.25, 0.3) is 0 Å². The smallest absolute Gasteiger partial charge is 0.171 e. The van der Waals surface area contributed by atoms with Gasteiger partial charge in [-0.05, 0) is 6.92 Å². The predicted molar refractivity (Wildman–Crippen MR) is 45.8 cm³/mol. The molecule has 2 rings (SSSR count). The minimum atomic E-state index is 0.307. The van der Waals surface area contributed by atoms with Crippen molar-refractivity contribution in [2.45, 2.75) is 13.5 Å². The van der Waals surface area contributed by atoms with Crippen LogP contribution in [0.5, 0.6) is 0 Å². The molecular weight excluding hydrogens is 184 g/mol. The van der Waals surface area contributed by atoms with Gasteiger partial charge >= 0.3 is 0 Å². The van der Waals surface area contributed by atoms with Crippen LogP contribution in [0.3, 0.4) is 0 Å². The van der Waals surface area contributed by atoms with Crippen molar-refractivity contribution in [2.75, 3.05) is 0 Å². The normalized spacial score (nSPS) is 10.4. The summed E-state index contributed by atoms with van der Waals surface area (Å²) in [5, 5.41) is 11.1. The Balaban J connectivity index is 2.14. The van der Waals surface area contributed by atoms with Gasteiger partial charge in [-0.1, -0.05) is 10.4 Å². The molecule has 0 aromatic carbocycles. The summed E-state index contributed by atoms with van der Waals surface area (Å²) in [7, 11) is 0. The van der Waals surface area contributed by atoms with Gasteiger partial charge in [-0.15, -0.1) is 5.10 Å². The lowest BCUT2D eigenvalue weighted by Gasteiger charge is -1.92. The molecule has 2 aromatic heterocycles. The van der Waals surface area contributed by atoms with Gasteiger partial charge in [0.1, 0.15) is 12.2 Å². The fourth-order valence-electron chi connectivity index (χ4n) is 1.10. The molecule has 0 atom stereocenters. The third-order valence-corrected chi connectivity index (χ3v) is 1.67. The summed E-state index contributed by atoms with van der Waals surface area (Å²) in [6.07, 6.45) is 2.19. The van der Waals surface area contributed by atoms with Crippen molar-refractivity contribution >= 4 is 6.29 Å². The first-order chi connectivity index (χ1) is 6.78. The highest BCUT2D eigenvalue weighted by atomic mass is 16.5. The van der Waals surface area contributed by atoms with E-state index in [1.54, 1.807) is 6.20 Å². The topological polar surface area (TPSA) is 73.8 Å². The fourth-order valence-corrected chi connectivity index (χ4v) is 1.10. The average Bonchev–Trinajstić information content (AvgIpc) is 2.76. The highest BCUT2D eigenvalue weighted by Crippen LogP contribution is 2.03. The van der Waals surface area contributed by atoms with Crippen molar-refractivity contribution in [3.05, 3.63) is 29.4 Å². The largest absolute Gasteiger partial charge is 0.359 e. The Labute approximate surface area is 79.5 Å². The first-order valence-corrected chi connectivity index (χ1v) is 4.05. The van der Waals surface area contributed by atoms with E-state index in [0.29, 0.717) is 24.3 Å². The fraction of sp³-hybridized carbons (Fsp3) is 0.250. The van der Waals surface area contributed by atoms with E-state index in [4.69, 9.17) is 4.52 Å². The van der Waals surface area contributed by atoms with E-state index < -0.39 is 0 Å². The molecule has 2 aromatic rings. The molecule has 2 heterocycles. The average molecular weight is 192 g/mol. The number of carbonyl (C=O) groups is 1. The molecule has 0 radical (unpaired) electrons. The van der Waals surface area contributed by atoms with E-state index in [-0.39, 0.29) is 0 Å². The number of nitrogens with zero attached hydrogens (tertiary/aromatic N) is 4. The molecular formula is C8H8N4O2. The standard InChI is InChI=1S/C8H8N4O2/c1-6-2-8(14-10-6)4-12-3-7(5-13)9-11-12/h2-3,5H,4H2,1H3. The van der Waals surface area contributed by atoms with Crippen molar-refractivity contribution in [3.8, 4) is 0 Å². The minimum absolute atomic E-state index is 0.307. The maximum absolute atomic E-state index is 10.3. The molecule has 14 heavy (non-hydrogen) atoms. The highest BCUT2D eigenvalue weighted by Gasteiger charge is 2.04. The summed E-state index contributed by atoms with van der Waals surface area (Å²) in [5.74, 6) is 0.685. The van der Waals surface area contributed by atoms with Crippen molar-refractivity contribution in [1.82, 2.24) is 20.2 Å². The van der Waals surface area contributed by atoms with E-state index in [0.717, 1.165) is 5.69 Å². The van der Waals surface area contributed by atoms with Gasteiger partial charge in [-0.25, -0.2) is 4.68 Å². The second kappa shape index (κ2) is 3.41. The van der Waals surface area contributed by atoms with Gasteiger partial charge in [0.15, 0.2) is 12.0 Å². The SMILES string of the molecule is Cc1cc(Cn2cc(C=O)nn2)on1. The number of rotatable bonds is 3. The molecule has 0 fully saturated rings. The summed E-state index contributed by atoms with van der Waals surface area (Å²) >= 11 is 0. The zero-order valence-corrected chi connectivity index (χ0v) is 7.54. The molecule has 0 aliphatic heterocycles. The molecule has 0 bridgehead atoms. The first kappa shape index (κ1) is 8.61. The first-order valence-electron chi connectivity index (χ1n) is 4.05. The quantitative estimate of drug-likeness (QED) is 0.659. The zero-order chi connectivity index (χ0) is 9.97. The monoisotopic (exact) mass is 192 g/mol. The van der Waals surface area contributed by atoms with Crippen LogP contribution in [-0.4, -0.2) is 26.4 Å². The van der Waals surface area contributed by atoms with E-state index >= 15 is 0 Å². The van der Waals surface area contributed by atoms with Gasteiger partial charge in [-0.2, -0.15) is 0 Å². The van der Waals surface area contributed by atoms with Crippen LogP contribution in [-0.2, 0) is 6.54 Å². The number of carbonyl (C=O) groups excluding carboxylic acids is 1. The summed E-state index contributed by atoms with van der Waals surface area (Å²) < 4.78 is 6.50.